The van der Waals surface area contributed by atoms with Gasteiger partial charge in [0.15, 0.2) is 5.78 Å². The minimum Gasteiger partial charge on any atom is -0.491 e. The molecule has 2 rings (SSSR count). The van der Waals surface area contributed by atoms with Crippen LogP contribution in [0, 0.1) is 0 Å². The van der Waals surface area contributed by atoms with Gasteiger partial charge in [-0.3, -0.25) is 9.59 Å². The molecule has 1 aromatic rings. The van der Waals surface area contributed by atoms with Crippen LogP contribution in [-0.4, -0.2) is 35.8 Å². The zero-order valence-corrected chi connectivity index (χ0v) is 11.4. The van der Waals surface area contributed by atoms with E-state index in [4.69, 9.17) is 4.74 Å². The fourth-order valence-corrected chi connectivity index (χ4v) is 2.17. The summed E-state index contributed by atoms with van der Waals surface area (Å²) in [5.41, 5.74) is 0.577. The average Bonchev–Trinajstić information content (AvgIpc) is 2.37. The standard InChI is InChI=1S/C15H19NO3/c1-11(2)19-14-7-3-5-12(9-14)15(18)16-8-4-6-13(17)10-16/h3,5,7,9,11H,4,6,8,10H2,1-2H3. The van der Waals surface area contributed by atoms with Crippen molar-refractivity contribution in [1.29, 1.82) is 0 Å². The summed E-state index contributed by atoms with van der Waals surface area (Å²) in [5, 5.41) is 0. The molecule has 4 heteroatoms. The Kier molecular flexibility index (Phi) is 4.20. The Bertz CT molecular complexity index is 482. The minimum atomic E-state index is -0.0951. The Morgan fingerprint density at radius 1 is 1.37 bits per heavy atom. The smallest absolute Gasteiger partial charge is 0.254 e. The van der Waals surface area contributed by atoms with Crippen molar-refractivity contribution in [3.05, 3.63) is 29.8 Å². The van der Waals surface area contributed by atoms with Crippen molar-refractivity contribution >= 4 is 11.7 Å². The van der Waals surface area contributed by atoms with Crippen molar-refractivity contribution in [2.75, 3.05) is 13.1 Å². The Morgan fingerprint density at radius 2 is 2.16 bits per heavy atom. The maximum atomic E-state index is 12.3. The van der Waals surface area contributed by atoms with Gasteiger partial charge in [-0.15, -0.1) is 0 Å². The van der Waals surface area contributed by atoms with Gasteiger partial charge in [-0.25, -0.2) is 0 Å². The molecule has 0 unspecified atom stereocenters. The van der Waals surface area contributed by atoms with Crippen LogP contribution < -0.4 is 4.74 Å². The topological polar surface area (TPSA) is 46.6 Å². The van der Waals surface area contributed by atoms with Crippen molar-refractivity contribution in [3.8, 4) is 5.75 Å². The fourth-order valence-electron chi connectivity index (χ4n) is 2.17. The predicted octanol–water partition coefficient (Wildman–Crippen LogP) is 2.28. The second-order valence-electron chi connectivity index (χ2n) is 5.06. The lowest BCUT2D eigenvalue weighted by Crippen LogP contribution is -2.40. The van der Waals surface area contributed by atoms with Crippen LogP contribution in [0.15, 0.2) is 24.3 Å². The van der Waals surface area contributed by atoms with Crippen LogP contribution >= 0.6 is 0 Å². The molecule has 4 nitrogen and oxygen atoms in total. The molecule has 0 spiro atoms. The van der Waals surface area contributed by atoms with Crippen LogP contribution in [0.25, 0.3) is 0 Å². The third-order valence-corrected chi connectivity index (χ3v) is 2.99. The summed E-state index contributed by atoms with van der Waals surface area (Å²) in [6, 6.07) is 7.13. The van der Waals surface area contributed by atoms with E-state index in [1.807, 2.05) is 19.9 Å². The first-order valence-electron chi connectivity index (χ1n) is 6.64. The monoisotopic (exact) mass is 261 g/mol. The van der Waals surface area contributed by atoms with Gasteiger partial charge in [0.2, 0.25) is 0 Å². The number of benzene rings is 1. The number of likely N-dealkylation sites (tertiary alicyclic amines) is 1. The van der Waals surface area contributed by atoms with Gasteiger partial charge < -0.3 is 9.64 Å². The van der Waals surface area contributed by atoms with E-state index in [-0.39, 0.29) is 24.3 Å². The molecule has 0 N–H and O–H groups in total. The largest absolute Gasteiger partial charge is 0.491 e. The van der Waals surface area contributed by atoms with Crippen molar-refractivity contribution in [1.82, 2.24) is 4.90 Å². The van der Waals surface area contributed by atoms with E-state index < -0.39 is 0 Å². The highest BCUT2D eigenvalue weighted by Crippen LogP contribution is 2.18. The third-order valence-electron chi connectivity index (χ3n) is 2.99. The number of piperidine rings is 1. The number of hydrogen-bond donors (Lipinski definition) is 0. The third kappa shape index (κ3) is 3.56. The van der Waals surface area contributed by atoms with E-state index in [0.29, 0.717) is 24.3 Å². The summed E-state index contributed by atoms with van der Waals surface area (Å²) >= 11 is 0. The van der Waals surface area contributed by atoms with Gasteiger partial charge in [0.1, 0.15) is 5.75 Å². The Hall–Kier alpha value is -1.84. The summed E-state index contributed by atoms with van der Waals surface area (Å²) in [7, 11) is 0. The number of carbonyl (C=O) groups excluding carboxylic acids is 2. The molecule has 0 atom stereocenters. The second kappa shape index (κ2) is 5.87. The first kappa shape index (κ1) is 13.6. The van der Waals surface area contributed by atoms with Crippen LogP contribution in [-0.2, 0) is 4.79 Å². The zero-order valence-electron chi connectivity index (χ0n) is 11.4. The SMILES string of the molecule is CC(C)Oc1cccc(C(=O)N2CCCC(=O)C2)c1. The predicted molar refractivity (Wildman–Crippen MR) is 72.4 cm³/mol. The minimum absolute atomic E-state index is 0.0712. The Labute approximate surface area is 113 Å². The van der Waals surface area contributed by atoms with E-state index in [1.54, 1.807) is 23.1 Å². The first-order chi connectivity index (χ1) is 9.06. The van der Waals surface area contributed by atoms with Crippen LogP contribution in [0.4, 0.5) is 0 Å². The normalized spacial score (nSPS) is 15.7. The number of ether oxygens (including phenoxy) is 1. The molecule has 102 valence electrons. The van der Waals surface area contributed by atoms with Gasteiger partial charge in [0.25, 0.3) is 5.91 Å². The summed E-state index contributed by atoms with van der Waals surface area (Å²) in [6.07, 6.45) is 1.41. The van der Waals surface area contributed by atoms with Crippen LogP contribution in [0.5, 0.6) is 5.75 Å². The van der Waals surface area contributed by atoms with Gasteiger partial charge in [-0.1, -0.05) is 6.07 Å². The number of hydrogen-bond acceptors (Lipinski definition) is 3. The lowest BCUT2D eigenvalue weighted by Gasteiger charge is -2.26. The molecule has 19 heavy (non-hydrogen) atoms. The van der Waals surface area contributed by atoms with Crippen molar-refractivity contribution in [2.45, 2.75) is 32.8 Å². The number of ketones is 1. The highest BCUT2D eigenvalue weighted by atomic mass is 16.5. The highest BCUT2D eigenvalue weighted by molar-refractivity contribution is 5.97. The zero-order chi connectivity index (χ0) is 13.8. The second-order valence-corrected chi connectivity index (χ2v) is 5.06. The van der Waals surface area contributed by atoms with Crippen LogP contribution in [0.1, 0.15) is 37.0 Å². The number of rotatable bonds is 3. The number of Topliss-reactive ketones (excluding diaryl/α,β-unsaturated/α-hetero) is 1. The molecule has 1 saturated heterocycles. The molecular weight excluding hydrogens is 242 g/mol. The molecule has 0 aromatic heterocycles. The van der Waals surface area contributed by atoms with E-state index in [1.165, 1.54) is 0 Å². The van der Waals surface area contributed by atoms with Crippen molar-refractivity contribution in [3.63, 3.8) is 0 Å². The molecule has 1 fully saturated rings. The molecule has 0 radical (unpaired) electrons. The molecule has 0 saturated carbocycles. The van der Waals surface area contributed by atoms with Gasteiger partial charge in [-0.2, -0.15) is 0 Å². The molecule has 1 aliphatic rings. The van der Waals surface area contributed by atoms with Gasteiger partial charge in [-0.05, 0) is 38.5 Å². The van der Waals surface area contributed by atoms with E-state index in [0.717, 1.165) is 6.42 Å². The molecule has 0 bridgehead atoms. The fraction of sp³-hybridized carbons (Fsp3) is 0.467. The number of carbonyl (C=O) groups is 2. The summed E-state index contributed by atoms with van der Waals surface area (Å²) in [4.78, 5) is 25.3. The molecule has 0 aliphatic carbocycles. The quantitative estimate of drug-likeness (QED) is 0.838. The summed E-state index contributed by atoms with van der Waals surface area (Å²) < 4.78 is 5.58. The Morgan fingerprint density at radius 3 is 2.84 bits per heavy atom. The summed E-state index contributed by atoms with van der Waals surface area (Å²) in [5.74, 6) is 0.723. The number of nitrogens with zero attached hydrogens (tertiary/aromatic N) is 1. The van der Waals surface area contributed by atoms with Crippen molar-refractivity contribution in [2.24, 2.45) is 0 Å². The van der Waals surface area contributed by atoms with Crippen molar-refractivity contribution < 1.29 is 14.3 Å². The van der Waals surface area contributed by atoms with Crippen LogP contribution in [0.2, 0.25) is 0 Å². The molecule has 1 heterocycles. The molecule has 1 amide bonds. The lowest BCUT2D eigenvalue weighted by molar-refractivity contribution is -0.121. The highest BCUT2D eigenvalue weighted by Gasteiger charge is 2.22. The molecule has 1 aromatic carbocycles. The van der Waals surface area contributed by atoms with E-state index in [9.17, 15) is 9.59 Å². The lowest BCUT2D eigenvalue weighted by atomic mass is 10.1. The summed E-state index contributed by atoms with van der Waals surface area (Å²) in [6.45, 7) is 4.77. The van der Waals surface area contributed by atoms with Gasteiger partial charge >= 0.3 is 0 Å². The van der Waals surface area contributed by atoms with Gasteiger partial charge in [0.05, 0.1) is 12.6 Å². The van der Waals surface area contributed by atoms with E-state index in [2.05, 4.69) is 0 Å². The molecular formula is C15H19NO3. The van der Waals surface area contributed by atoms with Gasteiger partial charge in [0, 0.05) is 18.5 Å². The number of amides is 1. The maximum absolute atomic E-state index is 12.3. The van der Waals surface area contributed by atoms with Crippen LogP contribution in [0.3, 0.4) is 0 Å². The van der Waals surface area contributed by atoms with E-state index >= 15 is 0 Å². The first-order valence-corrected chi connectivity index (χ1v) is 6.64. The maximum Gasteiger partial charge on any atom is 0.254 e. The Balaban J connectivity index is 2.12. The molecule has 1 aliphatic heterocycles. The average molecular weight is 261 g/mol.